The maximum Gasteiger partial charge on any atom is 0.326 e. The molecule has 1 saturated heterocycles. The van der Waals surface area contributed by atoms with Crippen LogP contribution in [-0.4, -0.2) is 53.1 Å². The van der Waals surface area contributed by atoms with Crippen molar-refractivity contribution >= 4 is 17.9 Å². The predicted octanol–water partition coefficient (Wildman–Crippen LogP) is -1.55. The van der Waals surface area contributed by atoms with E-state index in [2.05, 4.69) is 5.32 Å². The fraction of sp³-hybridized carbons (Fsp3) is 0.700. The summed E-state index contributed by atoms with van der Waals surface area (Å²) in [7, 11) is 0. The van der Waals surface area contributed by atoms with E-state index in [1.807, 2.05) is 0 Å². The Morgan fingerprint density at radius 2 is 1.89 bits per heavy atom. The first kappa shape index (κ1) is 14.2. The van der Waals surface area contributed by atoms with Gasteiger partial charge in [0.25, 0.3) is 0 Å². The third-order valence-electron chi connectivity index (χ3n) is 2.83. The number of urea groups is 1. The van der Waals surface area contributed by atoms with E-state index in [0.717, 1.165) is 0 Å². The minimum atomic E-state index is -1.29. The Morgan fingerprint density at radius 1 is 1.33 bits per heavy atom. The number of nitrogens with zero attached hydrogens (tertiary/aromatic N) is 1. The first-order valence-corrected chi connectivity index (χ1v) is 5.72. The SMILES string of the molecule is NC(=O)CC(NC(=O)N1CCC(N)CC1)C(=O)O. The Hall–Kier alpha value is -1.83. The molecule has 0 radical (unpaired) electrons. The molecule has 0 aromatic rings. The summed E-state index contributed by atoms with van der Waals surface area (Å²) >= 11 is 0. The molecule has 0 spiro atoms. The number of amides is 3. The third kappa shape index (κ3) is 4.21. The number of hydrogen-bond acceptors (Lipinski definition) is 4. The lowest BCUT2D eigenvalue weighted by Gasteiger charge is -2.31. The van der Waals surface area contributed by atoms with Crippen molar-refractivity contribution in [2.24, 2.45) is 11.5 Å². The molecule has 0 aromatic carbocycles. The Bertz CT molecular complexity index is 339. The predicted molar refractivity (Wildman–Crippen MR) is 62.5 cm³/mol. The van der Waals surface area contributed by atoms with E-state index in [0.29, 0.717) is 25.9 Å². The third-order valence-corrected chi connectivity index (χ3v) is 2.83. The highest BCUT2D eigenvalue weighted by Crippen LogP contribution is 2.08. The summed E-state index contributed by atoms with van der Waals surface area (Å²) in [5.74, 6) is -2.06. The number of nitrogens with one attached hydrogen (secondary N) is 1. The molecule has 0 aliphatic carbocycles. The molecule has 102 valence electrons. The number of nitrogens with two attached hydrogens (primary N) is 2. The molecule has 8 heteroatoms. The zero-order valence-corrected chi connectivity index (χ0v) is 9.96. The second kappa shape index (κ2) is 6.20. The molecule has 1 aliphatic heterocycles. The van der Waals surface area contributed by atoms with Gasteiger partial charge in [0.15, 0.2) is 0 Å². The van der Waals surface area contributed by atoms with Crippen molar-refractivity contribution in [1.29, 1.82) is 0 Å². The fourth-order valence-corrected chi connectivity index (χ4v) is 1.74. The summed E-state index contributed by atoms with van der Waals surface area (Å²) < 4.78 is 0. The summed E-state index contributed by atoms with van der Waals surface area (Å²) in [4.78, 5) is 34.8. The van der Waals surface area contributed by atoms with Gasteiger partial charge in [0.2, 0.25) is 5.91 Å². The van der Waals surface area contributed by atoms with Crippen LogP contribution in [0.25, 0.3) is 0 Å². The summed E-state index contributed by atoms with van der Waals surface area (Å²) in [6, 6.07) is -1.71. The summed E-state index contributed by atoms with van der Waals surface area (Å²) in [5, 5.41) is 11.1. The molecule has 3 amide bonds. The van der Waals surface area contributed by atoms with Crippen LogP contribution >= 0.6 is 0 Å². The zero-order valence-electron chi connectivity index (χ0n) is 9.96. The monoisotopic (exact) mass is 258 g/mol. The Balaban J connectivity index is 2.50. The van der Waals surface area contributed by atoms with Crippen LogP contribution in [0.15, 0.2) is 0 Å². The van der Waals surface area contributed by atoms with Gasteiger partial charge in [-0.15, -0.1) is 0 Å². The van der Waals surface area contributed by atoms with E-state index in [1.54, 1.807) is 0 Å². The van der Waals surface area contributed by atoms with Crippen molar-refractivity contribution in [1.82, 2.24) is 10.2 Å². The van der Waals surface area contributed by atoms with Crippen LogP contribution < -0.4 is 16.8 Å². The Labute approximate surface area is 104 Å². The van der Waals surface area contributed by atoms with Gasteiger partial charge in [-0.25, -0.2) is 9.59 Å². The first-order chi connectivity index (χ1) is 8.40. The van der Waals surface area contributed by atoms with Crippen molar-refractivity contribution in [3.8, 4) is 0 Å². The summed E-state index contributed by atoms with van der Waals surface area (Å²) in [5.41, 5.74) is 10.6. The average Bonchev–Trinajstić information content (AvgIpc) is 2.28. The van der Waals surface area contributed by atoms with Gasteiger partial charge in [0.1, 0.15) is 6.04 Å². The van der Waals surface area contributed by atoms with Gasteiger partial charge >= 0.3 is 12.0 Å². The van der Waals surface area contributed by atoms with E-state index < -0.39 is 30.4 Å². The molecule has 0 aromatic heterocycles. The second-order valence-electron chi connectivity index (χ2n) is 4.34. The van der Waals surface area contributed by atoms with Crippen LogP contribution in [0.5, 0.6) is 0 Å². The number of carboxylic acids is 1. The number of carbonyl (C=O) groups excluding carboxylic acids is 2. The molecule has 1 unspecified atom stereocenters. The fourth-order valence-electron chi connectivity index (χ4n) is 1.74. The lowest BCUT2D eigenvalue weighted by atomic mass is 10.1. The van der Waals surface area contributed by atoms with Gasteiger partial charge in [-0.1, -0.05) is 0 Å². The van der Waals surface area contributed by atoms with Crippen LogP contribution in [0.2, 0.25) is 0 Å². The van der Waals surface area contributed by atoms with Crippen molar-refractivity contribution in [2.45, 2.75) is 31.3 Å². The lowest BCUT2D eigenvalue weighted by Crippen LogP contribution is -2.52. The minimum Gasteiger partial charge on any atom is -0.480 e. The van der Waals surface area contributed by atoms with Gasteiger partial charge in [-0.2, -0.15) is 0 Å². The van der Waals surface area contributed by atoms with Crippen molar-refractivity contribution in [2.75, 3.05) is 13.1 Å². The molecule has 0 saturated carbocycles. The maximum atomic E-state index is 11.8. The Morgan fingerprint density at radius 3 is 2.33 bits per heavy atom. The molecular weight excluding hydrogens is 240 g/mol. The van der Waals surface area contributed by atoms with E-state index in [-0.39, 0.29) is 6.04 Å². The number of aliphatic carboxylic acids is 1. The summed E-state index contributed by atoms with van der Waals surface area (Å²) in [6.45, 7) is 0.964. The van der Waals surface area contributed by atoms with E-state index in [4.69, 9.17) is 16.6 Å². The molecule has 1 fully saturated rings. The number of likely N-dealkylation sites (tertiary alicyclic amines) is 1. The van der Waals surface area contributed by atoms with Crippen molar-refractivity contribution < 1.29 is 19.5 Å². The highest BCUT2D eigenvalue weighted by Gasteiger charge is 2.26. The number of rotatable bonds is 4. The number of carboxylic acid groups (broad SMARTS) is 1. The van der Waals surface area contributed by atoms with Crippen LogP contribution in [0.3, 0.4) is 0 Å². The molecule has 1 rings (SSSR count). The molecule has 1 heterocycles. The van der Waals surface area contributed by atoms with Crippen LogP contribution in [0, 0.1) is 0 Å². The van der Waals surface area contributed by atoms with E-state index >= 15 is 0 Å². The molecule has 18 heavy (non-hydrogen) atoms. The van der Waals surface area contributed by atoms with Gasteiger partial charge in [0, 0.05) is 19.1 Å². The van der Waals surface area contributed by atoms with Crippen LogP contribution in [0.4, 0.5) is 4.79 Å². The summed E-state index contributed by atoms with van der Waals surface area (Å²) in [6.07, 6.45) is 0.941. The second-order valence-corrected chi connectivity index (χ2v) is 4.34. The van der Waals surface area contributed by atoms with Gasteiger partial charge < -0.3 is 26.8 Å². The number of piperidine rings is 1. The van der Waals surface area contributed by atoms with Gasteiger partial charge in [-0.05, 0) is 12.8 Å². The average molecular weight is 258 g/mol. The van der Waals surface area contributed by atoms with Gasteiger partial charge in [-0.3, -0.25) is 4.79 Å². The first-order valence-electron chi connectivity index (χ1n) is 5.72. The van der Waals surface area contributed by atoms with Crippen molar-refractivity contribution in [3.63, 3.8) is 0 Å². The molecule has 8 nitrogen and oxygen atoms in total. The largest absolute Gasteiger partial charge is 0.480 e. The normalized spacial score (nSPS) is 18.2. The molecule has 1 atom stereocenters. The van der Waals surface area contributed by atoms with E-state index in [1.165, 1.54) is 4.90 Å². The highest BCUT2D eigenvalue weighted by atomic mass is 16.4. The topological polar surface area (TPSA) is 139 Å². The lowest BCUT2D eigenvalue weighted by molar-refractivity contribution is -0.141. The number of carbonyl (C=O) groups is 3. The zero-order chi connectivity index (χ0) is 13.7. The minimum absolute atomic E-state index is 0.0786. The maximum absolute atomic E-state index is 11.8. The quantitative estimate of drug-likeness (QED) is 0.483. The van der Waals surface area contributed by atoms with Crippen molar-refractivity contribution in [3.05, 3.63) is 0 Å². The molecule has 6 N–H and O–H groups in total. The van der Waals surface area contributed by atoms with E-state index in [9.17, 15) is 14.4 Å². The Kier molecular flexibility index (Phi) is 4.90. The smallest absolute Gasteiger partial charge is 0.326 e. The molecular formula is C10H18N4O4. The van der Waals surface area contributed by atoms with Crippen LogP contribution in [-0.2, 0) is 9.59 Å². The highest BCUT2D eigenvalue weighted by molar-refractivity contribution is 5.87. The molecule has 1 aliphatic rings. The molecule has 0 bridgehead atoms. The van der Waals surface area contributed by atoms with Crippen LogP contribution in [0.1, 0.15) is 19.3 Å². The number of primary amides is 1. The van der Waals surface area contributed by atoms with Gasteiger partial charge in [0.05, 0.1) is 6.42 Å². The number of hydrogen-bond donors (Lipinski definition) is 4. The standard InChI is InChI=1S/C10H18N4O4/c11-6-1-3-14(4-2-6)10(18)13-7(9(16)17)5-8(12)15/h6-7H,1-5,11H2,(H2,12,15)(H,13,18)(H,16,17).